The molecule has 0 spiro atoms. The number of anilines is 1. The lowest BCUT2D eigenvalue weighted by Crippen LogP contribution is -2.29. The Kier molecular flexibility index (Phi) is 4.12. The number of nitrogen functional groups attached to an aromatic ring is 1. The number of halogens is 1. The SMILES string of the molecule is CCCCN(c1cccc(Cl)c1C(=N)N)C1CC1. The second-order valence-corrected chi connectivity index (χ2v) is 5.23. The van der Waals surface area contributed by atoms with Crippen LogP contribution in [0.3, 0.4) is 0 Å². The van der Waals surface area contributed by atoms with Gasteiger partial charge in [0.1, 0.15) is 5.84 Å². The molecular weight excluding hydrogens is 246 g/mol. The largest absolute Gasteiger partial charge is 0.384 e. The molecule has 1 aliphatic carbocycles. The van der Waals surface area contributed by atoms with Gasteiger partial charge in [-0.25, -0.2) is 0 Å². The Bertz CT molecular complexity index is 441. The molecule has 1 aromatic carbocycles. The third-order valence-corrected chi connectivity index (χ3v) is 3.63. The topological polar surface area (TPSA) is 53.1 Å². The third-order valence-electron chi connectivity index (χ3n) is 3.31. The number of amidine groups is 1. The quantitative estimate of drug-likeness (QED) is 0.612. The first-order chi connectivity index (χ1) is 8.65. The van der Waals surface area contributed by atoms with Crippen LogP contribution in [0.15, 0.2) is 18.2 Å². The van der Waals surface area contributed by atoms with Gasteiger partial charge >= 0.3 is 0 Å². The monoisotopic (exact) mass is 265 g/mol. The van der Waals surface area contributed by atoms with Crippen LogP contribution in [0.5, 0.6) is 0 Å². The first-order valence-electron chi connectivity index (χ1n) is 6.54. The van der Waals surface area contributed by atoms with Crippen molar-refractivity contribution in [1.29, 1.82) is 5.41 Å². The number of nitrogens with zero attached hydrogens (tertiary/aromatic N) is 1. The smallest absolute Gasteiger partial charge is 0.126 e. The van der Waals surface area contributed by atoms with E-state index in [0.717, 1.165) is 18.7 Å². The number of hydrogen-bond acceptors (Lipinski definition) is 2. The molecule has 0 heterocycles. The molecule has 18 heavy (non-hydrogen) atoms. The van der Waals surface area contributed by atoms with E-state index in [0.29, 0.717) is 16.6 Å². The van der Waals surface area contributed by atoms with Crippen LogP contribution in [0.2, 0.25) is 5.02 Å². The molecular formula is C14H20ClN3. The molecule has 3 nitrogen and oxygen atoms in total. The third kappa shape index (κ3) is 2.78. The maximum atomic E-state index is 7.72. The van der Waals surface area contributed by atoms with Gasteiger partial charge in [-0.2, -0.15) is 0 Å². The molecule has 0 atom stereocenters. The summed E-state index contributed by atoms with van der Waals surface area (Å²) >= 11 is 6.18. The number of nitrogens with one attached hydrogen (secondary N) is 1. The van der Waals surface area contributed by atoms with Gasteiger partial charge in [0.05, 0.1) is 10.6 Å². The molecule has 0 amide bonds. The molecule has 4 heteroatoms. The van der Waals surface area contributed by atoms with Gasteiger partial charge in [0.25, 0.3) is 0 Å². The molecule has 0 unspecified atom stereocenters. The lowest BCUT2D eigenvalue weighted by molar-refractivity contribution is 0.712. The molecule has 0 aliphatic heterocycles. The van der Waals surface area contributed by atoms with Gasteiger partial charge in [0, 0.05) is 18.3 Å². The highest BCUT2D eigenvalue weighted by atomic mass is 35.5. The summed E-state index contributed by atoms with van der Waals surface area (Å²) in [5, 5.41) is 8.29. The van der Waals surface area contributed by atoms with Crippen LogP contribution in [-0.4, -0.2) is 18.4 Å². The average Bonchev–Trinajstić information content (AvgIpc) is 3.13. The van der Waals surface area contributed by atoms with Crippen molar-refractivity contribution in [2.24, 2.45) is 5.73 Å². The fraction of sp³-hybridized carbons (Fsp3) is 0.500. The van der Waals surface area contributed by atoms with E-state index in [1.54, 1.807) is 6.07 Å². The van der Waals surface area contributed by atoms with E-state index in [1.165, 1.54) is 19.3 Å². The van der Waals surface area contributed by atoms with Crippen molar-refractivity contribution in [3.63, 3.8) is 0 Å². The number of rotatable bonds is 6. The maximum Gasteiger partial charge on any atom is 0.126 e. The molecule has 0 saturated heterocycles. The maximum absolute atomic E-state index is 7.72. The summed E-state index contributed by atoms with van der Waals surface area (Å²) in [6.45, 7) is 3.21. The average molecular weight is 266 g/mol. The van der Waals surface area contributed by atoms with E-state index in [9.17, 15) is 0 Å². The van der Waals surface area contributed by atoms with Gasteiger partial charge in [-0.3, -0.25) is 5.41 Å². The Labute approximate surface area is 113 Å². The Morgan fingerprint density at radius 2 is 2.22 bits per heavy atom. The van der Waals surface area contributed by atoms with E-state index < -0.39 is 0 Å². The number of nitrogens with two attached hydrogens (primary N) is 1. The molecule has 98 valence electrons. The van der Waals surface area contributed by atoms with E-state index in [2.05, 4.69) is 11.8 Å². The van der Waals surface area contributed by atoms with Gasteiger partial charge in [0.15, 0.2) is 0 Å². The minimum absolute atomic E-state index is 0.0535. The van der Waals surface area contributed by atoms with Gasteiger partial charge in [-0.1, -0.05) is 31.0 Å². The summed E-state index contributed by atoms with van der Waals surface area (Å²) in [5.74, 6) is 0.0535. The zero-order chi connectivity index (χ0) is 13.1. The van der Waals surface area contributed by atoms with Crippen LogP contribution in [0, 0.1) is 5.41 Å². The minimum atomic E-state index is 0.0535. The lowest BCUT2D eigenvalue weighted by Gasteiger charge is -2.27. The van der Waals surface area contributed by atoms with E-state index in [-0.39, 0.29) is 5.84 Å². The van der Waals surface area contributed by atoms with Crippen molar-refractivity contribution in [2.75, 3.05) is 11.4 Å². The van der Waals surface area contributed by atoms with Crippen LogP contribution in [-0.2, 0) is 0 Å². The highest BCUT2D eigenvalue weighted by Gasteiger charge is 2.30. The van der Waals surface area contributed by atoms with Gasteiger partial charge in [0.2, 0.25) is 0 Å². The van der Waals surface area contributed by atoms with Crippen LogP contribution >= 0.6 is 11.6 Å². The van der Waals surface area contributed by atoms with E-state index in [4.69, 9.17) is 22.7 Å². The van der Waals surface area contributed by atoms with E-state index in [1.807, 2.05) is 12.1 Å². The molecule has 1 fully saturated rings. The van der Waals surface area contributed by atoms with Crippen molar-refractivity contribution in [3.05, 3.63) is 28.8 Å². The van der Waals surface area contributed by atoms with Crippen molar-refractivity contribution in [2.45, 2.75) is 38.6 Å². The summed E-state index contributed by atoms with van der Waals surface area (Å²) in [5.41, 5.74) is 7.38. The molecule has 1 aliphatic rings. The highest BCUT2D eigenvalue weighted by molar-refractivity contribution is 6.34. The van der Waals surface area contributed by atoms with Crippen LogP contribution < -0.4 is 10.6 Å². The summed E-state index contributed by atoms with van der Waals surface area (Å²) in [7, 11) is 0. The normalized spacial score (nSPS) is 14.6. The summed E-state index contributed by atoms with van der Waals surface area (Å²) in [4.78, 5) is 2.37. The Balaban J connectivity index is 2.34. The number of benzene rings is 1. The number of unbranched alkanes of at least 4 members (excludes halogenated alkanes) is 1. The number of hydrogen-bond donors (Lipinski definition) is 2. The Morgan fingerprint density at radius 3 is 2.78 bits per heavy atom. The van der Waals surface area contributed by atoms with Gasteiger partial charge in [-0.15, -0.1) is 0 Å². The van der Waals surface area contributed by atoms with Crippen molar-refractivity contribution >= 4 is 23.1 Å². The van der Waals surface area contributed by atoms with Crippen molar-refractivity contribution in [1.82, 2.24) is 0 Å². The zero-order valence-corrected chi connectivity index (χ0v) is 11.5. The first kappa shape index (κ1) is 13.2. The molecule has 1 saturated carbocycles. The molecule has 0 bridgehead atoms. The zero-order valence-electron chi connectivity index (χ0n) is 10.7. The second kappa shape index (κ2) is 5.61. The van der Waals surface area contributed by atoms with Gasteiger partial charge < -0.3 is 10.6 Å². The fourth-order valence-corrected chi connectivity index (χ4v) is 2.50. The summed E-state index contributed by atoms with van der Waals surface area (Å²) in [6.07, 6.45) is 4.78. The molecule has 0 aromatic heterocycles. The van der Waals surface area contributed by atoms with Crippen molar-refractivity contribution < 1.29 is 0 Å². The van der Waals surface area contributed by atoms with Crippen LogP contribution in [0.1, 0.15) is 38.2 Å². The van der Waals surface area contributed by atoms with E-state index >= 15 is 0 Å². The summed E-state index contributed by atoms with van der Waals surface area (Å²) < 4.78 is 0. The van der Waals surface area contributed by atoms with Gasteiger partial charge in [-0.05, 0) is 31.4 Å². The second-order valence-electron chi connectivity index (χ2n) is 4.83. The minimum Gasteiger partial charge on any atom is -0.384 e. The Morgan fingerprint density at radius 1 is 1.50 bits per heavy atom. The fourth-order valence-electron chi connectivity index (χ4n) is 2.23. The molecule has 2 rings (SSSR count). The summed E-state index contributed by atoms with van der Waals surface area (Å²) in [6, 6.07) is 6.36. The predicted octanol–water partition coefficient (Wildman–Crippen LogP) is 3.39. The standard InChI is InChI=1S/C14H20ClN3/c1-2-3-9-18(10-7-8-10)12-6-4-5-11(15)13(12)14(16)17/h4-6,10H,2-3,7-9H2,1H3,(H3,16,17). The predicted molar refractivity (Wildman–Crippen MR) is 77.7 cm³/mol. The lowest BCUT2D eigenvalue weighted by atomic mass is 10.1. The first-order valence-corrected chi connectivity index (χ1v) is 6.92. The van der Waals surface area contributed by atoms with Crippen LogP contribution in [0.25, 0.3) is 0 Å². The van der Waals surface area contributed by atoms with Crippen LogP contribution in [0.4, 0.5) is 5.69 Å². The highest BCUT2D eigenvalue weighted by Crippen LogP contribution is 2.36. The molecule has 1 aromatic rings. The molecule has 3 N–H and O–H groups in total. The Hall–Kier alpha value is -1.22. The molecule has 0 radical (unpaired) electrons. The van der Waals surface area contributed by atoms with Crippen molar-refractivity contribution in [3.8, 4) is 0 Å².